The Morgan fingerprint density at radius 1 is 1.40 bits per heavy atom. The monoisotopic (exact) mass is 280 g/mol. The molecule has 1 saturated heterocycles. The van der Waals surface area contributed by atoms with Gasteiger partial charge in [0, 0.05) is 11.5 Å². The van der Waals surface area contributed by atoms with E-state index in [4.69, 9.17) is 19.3 Å². The molecule has 0 aliphatic carbocycles. The van der Waals surface area contributed by atoms with E-state index >= 15 is 0 Å². The van der Waals surface area contributed by atoms with Gasteiger partial charge in [-0.3, -0.25) is 4.79 Å². The summed E-state index contributed by atoms with van der Waals surface area (Å²) in [6.07, 6.45) is 0.0355. The van der Waals surface area contributed by atoms with Crippen LogP contribution in [0.15, 0.2) is 24.3 Å². The highest BCUT2D eigenvalue weighted by molar-refractivity contribution is 5.67. The van der Waals surface area contributed by atoms with Crippen LogP contribution in [-0.4, -0.2) is 30.9 Å². The second-order valence-electron chi connectivity index (χ2n) is 4.88. The second-order valence-corrected chi connectivity index (χ2v) is 4.88. The summed E-state index contributed by atoms with van der Waals surface area (Å²) in [5.74, 6) is 0.0440. The summed E-state index contributed by atoms with van der Waals surface area (Å²) in [6, 6.07) is 7.40. The van der Waals surface area contributed by atoms with Gasteiger partial charge in [0.25, 0.3) is 0 Å². The molecule has 0 radical (unpaired) electrons. The van der Waals surface area contributed by atoms with Crippen LogP contribution < -0.4 is 4.74 Å². The molecule has 0 amide bonds. The van der Waals surface area contributed by atoms with E-state index in [1.807, 2.05) is 31.2 Å². The number of aliphatic carboxylic acids is 1. The number of carbonyl (C=O) groups is 1. The number of benzene rings is 1. The lowest BCUT2D eigenvalue weighted by Gasteiger charge is -2.35. The van der Waals surface area contributed by atoms with Crippen molar-refractivity contribution in [1.82, 2.24) is 0 Å². The number of ether oxygens (including phenoxy) is 3. The third-order valence-corrected chi connectivity index (χ3v) is 3.57. The Morgan fingerprint density at radius 2 is 2.10 bits per heavy atom. The summed E-state index contributed by atoms with van der Waals surface area (Å²) in [4.78, 5) is 10.9. The third kappa shape index (κ3) is 3.49. The number of hydrogen-bond donors (Lipinski definition) is 1. The van der Waals surface area contributed by atoms with Crippen LogP contribution in [0.5, 0.6) is 5.75 Å². The smallest absolute Gasteiger partial charge is 0.305 e. The summed E-state index contributed by atoms with van der Waals surface area (Å²) < 4.78 is 16.6. The van der Waals surface area contributed by atoms with Crippen LogP contribution in [0.4, 0.5) is 0 Å². The number of hydrogen-bond acceptors (Lipinski definition) is 4. The van der Waals surface area contributed by atoms with Crippen LogP contribution in [0.25, 0.3) is 0 Å². The molecule has 20 heavy (non-hydrogen) atoms. The quantitative estimate of drug-likeness (QED) is 0.898. The van der Waals surface area contributed by atoms with Crippen LogP contribution in [0.2, 0.25) is 0 Å². The van der Waals surface area contributed by atoms with Crippen molar-refractivity contribution in [2.75, 3.05) is 13.7 Å². The first-order chi connectivity index (χ1) is 9.63. The van der Waals surface area contributed by atoms with Gasteiger partial charge in [0.2, 0.25) is 0 Å². The van der Waals surface area contributed by atoms with Crippen molar-refractivity contribution in [3.8, 4) is 5.75 Å². The van der Waals surface area contributed by atoms with E-state index in [9.17, 15) is 4.79 Å². The minimum atomic E-state index is -0.844. The van der Waals surface area contributed by atoms with Gasteiger partial charge < -0.3 is 19.3 Å². The maximum Gasteiger partial charge on any atom is 0.305 e. The Morgan fingerprint density at radius 3 is 2.65 bits per heavy atom. The molecule has 1 aliphatic rings. The highest BCUT2D eigenvalue weighted by atomic mass is 16.7. The fourth-order valence-corrected chi connectivity index (χ4v) is 2.33. The third-order valence-electron chi connectivity index (χ3n) is 3.57. The van der Waals surface area contributed by atoms with Crippen molar-refractivity contribution in [2.45, 2.75) is 32.2 Å². The minimum absolute atomic E-state index is 0.00845. The van der Waals surface area contributed by atoms with Gasteiger partial charge in [-0.15, -0.1) is 0 Å². The molecule has 1 aromatic rings. The molecule has 110 valence electrons. The highest BCUT2D eigenvalue weighted by Crippen LogP contribution is 2.32. The molecule has 0 spiro atoms. The van der Waals surface area contributed by atoms with Gasteiger partial charge in [0.15, 0.2) is 6.29 Å². The molecule has 5 heteroatoms. The van der Waals surface area contributed by atoms with E-state index in [0.29, 0.717) is 6.61 Å². The van der Waals surface area contributed by atoms with E-state index in [1.165, 1.54) is 0 Å². The van der Waals surface area contributed by atoms with Gasteiger partial charge >= 0.3 is 5.97 Å². The Bertz CT molecular complexity index is 442. The van der Waals surface area contributed by atoms with Crippen molar-refractivity contribution in [3.05, 3.63) is 29.8 Å². The van der Waals surface area contributed by atoms with Crippen LogP contribution in [0, 0.1) is 5.92 Å². The average molecular weight is 280 g/mol. The standard InChI is InChI=1S/C15H20O5/c1-3-10-9-19-15(20-13(10)8-14(16)17)11-4-6-12(18-2)7-5-11/h4-7,10,13,15H,3,8-9H2,1-2H3,(H,16,17)/t10-,13+,15-/m0/s1. The summed E-state index contributed by atoms with van der Waals surface area (Å²) >= 11 is 0. The van der Waals surface area contributed by atoms with E-state index in [0.717, 1.165) is 17.7 Å². The average Bonchev–Trinajstić information content (AvgIpc) is 2.46. The maximum absolute atomic E-state index is 10.9. The molecule has 5 nitrogen and oxygen atoms in total. The Hall–Kier alpha value is -1.59. The van der Waals surface area contributed by atoms with E-state index in [2.05, 4.69) is 0 Å². The molecule has 0 bridgehead atoms. The molecule has 0 saturated carbocycles. The van der Waals surface area contributed by atoms with Crippen LogP contribution in [0.1, 0.15) is 31.6 Å². The van der Waals surface area contributed by atoms with Gasteiger partial charge in [-0.25, -0.2) is 0 Å². The lowest BCUT2D eigenvalue weighted by molar-refractivity contribution is -0.243. The fraction of sp³-hybridized carbons (Fsp3) is 0.533. The number of rotatable bonds is 5. The van der Waals surface area contributed by atoms with Crippen LogP contribution in [-0.2, 0) is 14.3 Å². The Kier molecular flexibility index (Phi) is 4.98. The van der Waals surface area contributed by atoms with E-state index < -0.39 is 12.3 Å². The molecule has 1 N–H and O–H groups in total. The Labute approximate surface area is 118 Å². The van der Waals surface area contributed by atoms with Crippen LogP contribution >= 0.6 is 0 Å². The zero-order chi connectivity index (χ0) is 14.5. The summed E-state index contributed by atoms with van der Waals surface area (Å²) in [6.45, 7) is 2.53. The maximum atomic E-state index is 10.9. The van der Waals surface area contributed by atoms with Crippen LogP contribution in [0.3, 0.4) is 0 Å². The SMILES string of the molecule is CC[C@H]1CO[C@H](c2ccc(OC)cc2)O[C@@H]1CC(=O)O. The Balaban J connectivity index is 2.07. The minimum Gasteiger partial charge on any atom is -0.497 e. The zero-order valence-electron chi connectivity index (χ0n) is 11.7. The first-order valence-electron chi connectivity index (χ1n) is 6.76. The lowest BCUT2D eigenvalue weighted by atomic mass is 9.96. The van der Waals surface area contributed by atoms with Gasteiger partial charge in [0.1, 0.15) is 5.75 Å². The van der Waals surface area contributed by atoms with Crippen molar-refractivity contribution in [3.63, 3.8) is 0 Å². The van der Waals surface area contributed by atoms with E-state index in [-0.39, 0.29) is 18.4 Å². The molecule has 1 heterocycles. The van der Waals surface area contributed by atoms with Gasteiger partial charge in [0.05, 0.1) is 26.2 Å². The summed E-state index contributed by atoms with van der Waals surface area (Å²) in [5.41, 5.74) is 0.871. The molecule has 0 aromatic heterocycles. The highest BCUT2D eigenvalue weighted by Gasteiger charge is 2.33. The molecule has 2 rings (SSSR count). The number of carboxylic acids is 1. The molecule has 1 aromatic carbocycles. The first-order valence-corrected chi connectivity index (χ1v) is 6.76. The first kappa shape index (κ1) is 14.8. The summed E-state index contributed by atoms with van der Waals surface area (Å²) in [5, 5.41) is 8.97. The molecule has 1 fully saturated rings. The van der Waals surface area contributed by atoms with Crippen molar-refractivity contribution >= 4 is 5.97 Å². The normalized spacial score (nSPS) is 26.2. The van der Waals surface area contributed by atoms with Crippen molar-refractivity contribution in [1.29, 1.82) is 0 Å². The number of carboxylic acid groups (broad SMARTS) is 1. The largest absolute Gasteiger partial charge is 0.497 e. The molecule has 3 atom stereocenters. The fourth-order valence-electron chi connectivity index (χ4n) is 2.33. The zero-order valence-corrected chi connectivity index (χ0v) is 11.7. The van der Waals surface area contributed by atoms with E-state index in [1.54, 1.807) is 7.11 Å². The van der Waals surface area contributed by atoms with Gasteiger partial charge in [-0.1, -0.05) is 19.1 Å². The molecule has 1 aliphatic heterocycles. The summed E-state index contributed by atoms with van der Waals surface area (Å²) in [7, 11) is 1.61. The van der Waals surface area contributed by atoms with Gasteiger partial charge in [-0.2, -0.15) is 0 Å². The number of methoxy groups -OCH3 is 1. The topological polar surface area (TPSA) is 65.0 Å². The predicted molar refractivity (Wildman–Crippen MR) is 72.6 cm³/mol. The molecular formula is C15H20O5. The predicted octanol–water partition coefficient (Wildman–Crippen LogP) is 2.61. The second kappa shape index (κ2) is 6.72. The molecule has 0 unspecified atom stereocenters. The van der Waals surface area contributed by atoms with Crippen molar-refractivity contribution < 1.29 is 24.1 Å². The lowest BCUT2D eigenvalue weighted by Crippen LogP contribution is -2.37. The molecular weight excluding hydrogens is 260 g/mol. The van der Waals surface area contributed by atoms with Gasteiger partial charge in [-0.05, 0) is 18.6 Å². The van der Waals surface area contributed by atoms with Crippen molar-refractivity contribution in [2.24, 2.45) is 5.92 Å².